The van der Waals surface area contributed by atoms with Crippen molar-refractivity contribution in [2.24, 2.45) is 0 Å². The standard InChI is InChI=1S/C27H36N2O5.C23H28N2O3.2CO2/c1-4-20-10-12-23-25(19-8-6-5-7-9-19)26(29(14-15-30)27(23)28-20)22-13-11-21(33-17-31-2)16-24(22)34-18-32-3;1-2-16-8-10-19-21(15-6-4-3-5-7-15)22(25(12-13-26)23(19)24-16)18-11-9-17(27)14-20(18)28;2*2-1-3/h10-13,16,19,30H,4-9,14-15,17-18H2,1-3H3;8-11,14-15,26-28H,2-7,12-13H2,1H3;;. The number of carbonyl (C=O) groups excluding carboxylic acids is 4. The topological polar surface area (TPSA) is 222 Å². The van der Waals surface area contributed by atoms with Gasteiger partial charge >= 0.3 is 12.3 Å². The number of fused-ring (bicyclic) bond motifs is 2. The fourth-order valence-electron chi connectivity index (χ4n) is 9.66. The summed E-state index contributed by atoms with van der Waals surface area (Å²) in [6, 6.07) is 19.2. The fraction of sp³-hybridized carbons (Fsp3) is 0.462. The second-order valence-corrected chi connectivity index (χ2v) is 16.6. The van der Waals surface area contributed by atoms with Crippen molar-refractivity contribution in [3.63, 3.8) is 0 Å². The Kier molecular flexibility index (Phi) is 20.7. The Morgan fingerprint density at radius 1 is 0.603 bits per heavy atom. The molecule has 8 rings (SSSR count). The molecule has 2 saturated carbocycles. The summed E-state index contributed by atoms with van der Waals surface area (Å²) >= 11 is 0. The molecule has 0 saturated heterocycles. The highest BCUT2D eigenvalue weighted by atomic mass is 16.7. The van der Waals surface area contributed by atoms with Crippen LogP contribution in [0.1, 0.15) is 112 Å². The number of hydrogen-bond acceptors (Lipinski definition) is 14. The van der Waals surface area contributed by atoms with E-state index >= 15 is 0 Å². The third-order valence-electron chi connectivity index (χ3n) is 12.5. The molecule has 6 aromatic rings. The van der Waals surface area contributed by atoms with Crippen LogP contribution in [-0.2, 0) is 54.6 Å². The van der Waals surface area contributed by atoms with E-state index < -0.39 is 0 Å². The average Bonchev–Trinajstić information content (AvgIpc) is 3.85. The van der Waals surface area contributed by atoms with E-state index in [9.17, 15) is 20.4 Å². The van der Waals surface area contributed by atoms with E-state index in [1.165, 1.54) is 61.1 Å². The summed E-state index contributed by atoms with van der Waals surface area (Å²) in [5.74, 6) is 2.28. The minimum Gasteiger partial charge on any atom is -0.508 e. The summed E-state index contributed by atoms with van der Waals surface area (Å²) in [5, 5.41) is 42.5. The van der Waals surface area contributed by atoms with E-state index in [2.05, 4.69) is 42.7 Å². The number of hydrogen-bond donors (Lipinski definition) is 4. The summed E-state index contributed by atoms with van der Waals surface area (Å²) in [7, 11) is 3.20. The molecule has 4 N–H and O–H groups in total. The number of ether oxygens (including phenoxy) is 4. The molecule has 16 nitrogen and oxygen atoms in total. The third kappa shape index (κ3) is 12.6. The predicted octanol–water partition coefficient (Wildman–Crippen LogP) is 8.82. The molecule has 0 atom stereocenters. The summed E-state index contributed by atoms with van der Waals surface area (Å²) < 4.78 is 26.2. The number of benzene rings is 2. The van der Waals surface area contributed by atoms with Crippen molar-refractivity contribution < 1.29 is 58.6 Å². The third-order valence-corrected chi connectivity index (χ3v) is 12.5. The SMILES string of the molecule is CCc1ccc2c(C3CCCCC3)c(-c3ccc(O)cc3O)n(CCO)c2n1.CCc1ccc2c(C3CCCCC3)c(-c3ccc(OCOC)cc3OCOC)n(CCO)c2n1.O=C=O.O=C=O. The molecule has 0 aliphatic heterocycles. The first kappa shape index (κ1) is 52.6. The molecule has 0 unspecified atom stereocenters. The number of aryl methyl sites for hydroxylation is 2. The van der Waals surface area contributed by atoms with Gasteiger partial charge in [-0.25, -0.2) is 9.97 Å². The van der Waals surface area contributed by atoms with Gasteiger partial charge in [-0.05, 0) is 110 Å². The van der Waals surface area contributed by atoms with Crippen LogP contribution >= 0.6 is 0 Å². The lowest BCUT2D eigenvalue weighted by Gasteiger charge is -2.24. The second kappa shape index (κ2) is 26.8. The van der Waals surface area contributed by atoms with Crippen molar-refractivity contribution in [1.82, 2.24) is 19.1 Å². The van der Waals surface area contributed by atoms with Crippen molar-refractivity contribution in [2.45, 2.75) is 116 Å². The maximum Gasteiger partial charge on any atom is 0.373 e. The highest BCUT2D eigenvalue weighted by molar-refractivity contribution is 5.93. The molecule has 2 aromatic carbocycles. The Balaban J connectivity index is 0.000000231. The van der Waals surface area contributed by atoms with E-state index in [0.717, 1.165) is 83.5 Å². The van der Waals surface area contributed by atoms with Gasteiger partial charge in [0.05, 0.1) is 24.6 Å². The largest absolute Gasteiger partial charge is 0.508 e. The predicted molar refractivity (Wildman–Crippen MR) is 253 cm³/mol. The van der Waals surface area contributed by atoms with E-state index in [1.54, 1.807) is 26.4 Å². The fourth-order valence-corrected chi connectivity index (χ4v) is 9.66. The van der Waals surface area contributed by atoms with E-state index in [1.807, 2.05) is 22.8 Å². The van der Waals surface area contributed by atoms with Gasteiger partial charge in [0.1, 0.15) is 34.3 Å². The Bertz CT molecular complexity index is 2600. The molecule has 0 amide bonds. The highest BCUT2D eigenvalue weighted by Crippen LogP contribution is 2.48. The minimum atomic E-state index is -0.00222. The molecule has 0 bridgehead atoms. The summed E-state index contributed by atoms with van der Waals surface area (Å²) in [4.78, 5) is 42.4. The van der Waals surface area contributed by atoms with Crippen LogP contribution in [0.2, 0.25) is 0 Å². The van der Waals surface area contributed by atoms with Crippen molar-refractivity contribution in [1.29, 1.82) is 0 Å². The quantitative estimate of drug-likeness (QED) is 0.0666. The van der Waals surface area contributed by atoms with Gasteiger partial charge in [0.25, 0.3) is 0 Å². The molecule has 0 radical (unpaired) electrons. The van der Waals surface area contributed by atoms with E-state index in [0.29, 0.717) is 42.0 Å². The Labute approximate surface area is 396 Å². The Morgan fingerprint density at radius 3 is 1.50 bits per heavy atom. The van der Waals surface area contributed by atoms with Gasteiger partial charge in [0, 0.05) is 72.7 Å². The molecule has 2 fully saturated rings. The molecule has 4 aromatic heterocycles. The van der Waals surface area contributed by atoms with E-state index in [4.69, 9.17) is 48.1 Å². The summed E-state index contributed by atoms with van der Waals surface area (Å²) in [6.45, 7) is 5.39. The van der Waals surface area contributed by atoms with E-state index in [-0.39, 0.29) is 50.6 Å². The number of pyridine rings is 2. The van der Waals surface area contributed by atoms with Gasteiger partial charge in [-0.3, -0.25) is 0 Å². The number of phenolic OH excluding ortho intramolecular Hbond substituents is 2. The zero-order chi connectivity index (χ0) is 49.0. The zero-order valence-corrected chi connectivity index (χ0v) is 39.5. The van der Waals surface area contributed by atoms with Crippen LogP contribution in [0.25, 0.3) is 44.6 Å². The lowest BCUT2D eigenvalue weighted by Crippen LogP contribution is -2.10. The number of aliphatic hydroxyl groups is 2. The minimum absolute atomic E-state index is 0.00222. The van der Waals surface area contributed by atoms with Crippen molar-refractivity contribution in [2.75, 3.05) is 41.0 Å². The van der Waals surface area contributed by atoms with Crippen LogP contribution in [-0.4, -0.2) is 92.9 Å². The summed E-state index contributed by atoms with van der Waals surface area (Å²) in [6.07, 6.45) is 14.2. The molecular weight excluding hydrogens is 873 g/mol. The van der Waals surface area contributed by atoms with Crippen LogP contribution < -0.4 is 9.47 Å². The maximum atomic E-state index is 10.6. The van der Waals surface area contributed by atoms with Gasteiger partial charge in [-0.1, -0.05) is 52.4 Å². The van der Waals surface area contributed by atoms with Crippen molar-refractivity contribution in [3.05, 3.63) is 83.2 Å². The first-order valence-corrected chi connectivity index (χ1v) is 23.3. The number of aromatic hydroxyl groups is 2. The van der Waals surface area contributed by atoms with Crippen molar-refractivity contribution >= 4 is 34.4 Å². The Hall–Kier alpha value is -6.38. The number of aromatic nitrogens is 4. The monoisotopic (exact) mass is 936 g/mol. The van der Waals surface area contributed by atoms with Crippen LogP contribution in [0, 0.1) is 0 Å². The first-order chi connectivity index (χ1) is 33.2. The molecule has 2 aliphatic rings. The molecular formula is C52H64N4O12. The van der Waals surface area contributed by atoms with Crippen LogP contribution in [0.4, 0.5) is 0 Å². The molecule has 16 heteroatoms. The van der Waals surface area contributed by atoms with Gasteiger partial charge < -0.3 is 48.5 Å². The lowest BCUT2D eigenvalue weighted by molar-refractivity contribution is -0.193. The van der Waals surface area contributed by atoms with Crippen molar-refractivity contribution in [3.8, 4) is 45.5 Å². The van der Waals surface area contributed by atoms with Crippen LogP contribution in [0.5, 0.6) is 23.0 Å². The number of phenols is 2. The van der Waals surface area contributed by atoms with Gasteiger partial charge in [-0.15, -0.1) is 0 Å². The van der Waals surface area contributed by atoms with Gasteiger partial charge in [0.2, 0.25) is 0 Å². The molecule has 68 heavy (non-hydrogen) atoms. The first-order valence-electron chi connectivity index (χ1n) is 23.3. The normalized spacial score (nSPS) is 13.9. The van der Waals surface area contributed by atoms with Crippen LogP contribution in [0.3, 0.4) is 0 Å². The van der Waals surface area contributed by atoms with Crippen LogP contribution in [0.15, 0.2) is 60.7 Å². The molecule has 0 spiro atoms. The Morgan fingerprint density at radius 2 is 1.06 bits per heavy atom. The number of methoxy groups -OCH3 is 2. The smallest absolute Gasteiger partial charge is 0.373 e. The number of nitrogens with zero attached hydrogens (tertiary/aromatic N) is 4. The number of rotatable bonds is 16. The lowest BCUT2D eigenvalue weighted by atomic mass is 9.82. The van der Waals surface area contributed by atoms with Gasteiger partial charge in [0.15, 0.2) is 13.6 Å². The zero-order valence-electron chi connectivity index (χ0n) is 39.5. The molecule has 4 heterocycles. The highest BCUT2D eigenvalue weighted by Gasteiger charge is 2.30. The number of aliphatic hydroxyl groups excluding tert-OH is 2. The molecule has 364 valence electrons. The maximum absolute atomic E-state index is 10.6. The molecule has 2 aliphatic carbocycles. The summed E-state index contributed by atoms with van der Waals surface area (Å²) in [5.41, 5.74) is 10.0. The second-order valence-electron chi connectivity index (χ2n) is 16.6. The average molecular weight is 937 g/mol. The van der Waals surface area contributed by atoms with Gasteiger partial charge in [-0.2, -0.15) is 19.2 Å².